The van der Waals surface area contributed by atoms with Crippen LogP contribution in [0.4, 0.5) is 0 Å². The molecule has 1 aromatic carbocycles. The molecule has 4 heteroatoms. The normalized spacial score (nSPS) is 11.6. The van der Waals surface area contributed by atoms with Crippen molar-refractivity contribution < 1.29 is 0 Å². The van der Waals surface area contributed by atoms with E-state index in [0.29, 0.717) is 11.0 Å². The van der Waals surface area contributed by atoms with E-state index < -0.39 is 0 Å². The number of nitrogens with zero attached hydrogens (tertiary/aromatic N) is 2. The molecule has 18 heavy (non-hydrogen) atoms. The molecule has 0 saturated carbocycles. The van der Waals surface area contributed by atoms with Crippen molar-refractivity contribution in [1.82, 2.24) is 9.97 Å². The topological polar surface area (TPSA) is 25.8 Å². The van der Waals surface area contributed by atoms with Gasteiger partial charge in [-0.1, -0.05) is 60.4 Å². The van der Waals surface area contributed by atoms with E-state index in [2.05, 4.69) is 46.7 Å². The van der Waals surface area contributed by atoms with E-state index in [1.54, 1.807) is 0 Å². The minimum Gasteiger partial charge on any atom is -0.232 e. The summed E-state index contributed by atoms with van der Waals surface area (Å²) in [5.74, 6) is 0.661. The SMILES string of the molecule is CC(C)(C)c1cc(Cl)nc(-c2cccc(Br)c2)n1. The van der Waals surface area contributed by atoms with Gasteiger partial charge < -0.3 is 0 Å². The number of hydrogen-bond acceptors (Lipinski definition) is 2. The van der Waals surface area contributed by atoms with Crippen LogP contribution in [0.3, 0.4) is 0 Å². The van der Waals surface area contributed by atoms with E-state index in [4.69, 9.17) is 11.6 Å². The lowest BCUT2D eigenvalue weighted by molar-refractivity contribution is 0.568. The number of aromatic nitrogens is 2. The van der Waals surface area contributed by atoms with Gasteiger partial charge >= 0.3 is 0 Å². The summed E-state index contributed by atoms with van der Waals surface area (Å²) >= 11 is 9.53. The van der Waals surface area contributed by atoms with Crippen LogP contribution in [-0.2, 0) is 5.41 Å². The Balaban J connectivity index is 2.55. The molecule has 0 saturated heterocycles. The number of rotatable bonds is 1. The second-order valence-corrected chi connectivity index (χ2v) is 6.46. The summed E-state index contributed by atoms with van der Waals surface area (Å²) in [6, 6.07) is 9.71. The lowest BCUT2D eigenvalue weighted by atomic mass is 9.92. The maximum atomic E-state index is 6.08. The van der Waals surface area contributed by atoms with E-state index in [1.807, 2.05) is 30.3 Å². The maximum Gasteiger partial charge on any atom is 0.161 e. The lowest BCUT2D eigenvalue weighted by Crippen LogP contribution is -2.14. The molecule has 94 valence electrons. The minimum absolute atomic E-state index is 0.0483. The van der Waals surface area contributed by atoms with Crippen molar-refractivity contribution in [2.75, 3.05) is 0 Å². The van der Waals surface area contributed by atoms with Crippen molar-refractivity contribution in [3.8, 4) is 11.4 Å². The summed E-state index contributed by atoms with van der Waals surface area (Å²) < 4.78 is 1.00. The number of halogens is 2. The van der Waals surface area contributed by atoms with Crippen LogP contribution in [0, 0.1) is 0 Å². The third kappa shape index (κ3) is 3.09. The van der Waals surface area contributed by atoms with Crippen LogP contribution in [0.5, 0.6) is 0 Å². The zero-order chi connectivity index (χ0) is 13.3. The molecular weight excluding hydrogens is 312 g/mol. The summed E-state index contributed by atoms with van der Waals surface area (Å²) in [6.45, 7) is 6.32. The summed E-state index contributed by atoms with van der Waals surface area (Å²) in [5, 5.41) is 0.477. The van der Waals surface area contributed by atoms with Crippen LogP contribution in [0.25, 0.3) is 11.4 Å². The third-order valence-corrected chi connectivity index (χ3v) is 3.23. The van der Waals surface area contributed by atoms with Gasteiger partial charge in [0.1, 0.15) is 5.15 Å². The molecule has 0 aliphatic rings. The Morgan fingerprint density at radius 3 is 2.44 bits per heavy atom. The molecule has 0 aliphatic heterocycles. The Hall–Kier alpha value is -0.930. The van der Waals surface area contributed by atoms with Crippen molar-refractivity contribution in [3.05, 3.63) is 45.7 Å². The van der Waals surface area contributed by atoms with Crippen molar-refractivity contribution in [2.45, 2.75) is 26.2 Å². The Morgan fingerprint density at radius 2 is 1.83 bits per heavy atom. The van der Waals surface area contributed by atoms with Crippen LogP contribution in [0.2, 0.25) is 5.15 Å². The summed E-state index contributed by atoms with van der Waals surface area (Å²) in [5.41, 5.74) is 1.85. The highest BCUT2D eigenvalue weighted by atomic mass is 79.9. The maximum absolute atomic E-state index is 6.08. The van der Waals surface area contributed by atoms with Gasteiger partial charge in [-0.3, -0.25) is 0 Å². The first-order valence-corrected chi connectivity index (χ1v) is 6.84. The predicted molar refractivity (Wildman–Crippen MR) is 78.9 cm³/mol. The average Bonchev–Trinajstić information content (AvgIpc) is 2.27. The molecule has 0 amide bonds. The first-order chi connectivity index (χ1) is 8.36. The Morgan fingerprint density at radius 1 is 1.11 bits per heavy atom. The molecule has 2 nitrogen and oxygen atoms in total. The molecule has 2 aromatic rings. The Labute approximate surface area is 121 Å². The predicted octanol–water partition coefficient (Wildman–Crippen LogP) is 4.86. The molecule has 1 aromatic heterocycles. The van der Waals surface area contributed by atoms with E-state index in [-0.39, 0.29) is 5.41 Å². The molecule has 0 unspecified atom stereocenters. The minimum atomic E-state index is -0.0483. The third-order valence-electron chi connectivity index (χ3n) is 2.55. The Kier molecular flexibility index (Phi) is 3.74. The highest BCUT2D eigenvalue weighted by molar-refractivity contribution is 9.10. The zero-order valence-electron chi connectivity index (χ0n) is 10.5. The van der Waals surface area contributed by atoms with Crippen molar-refractivity contribution in [3.63, 3.8) is 0 Å². The van der Waals surface area contributed by atoms with E-state index >= 15 is 0 Å². The van der Waals surface area contributed by atoms with E-state index in [1.165, 1.54) is 0 Å². The first-order valence-electron chi connectivity index (χ1n) is 5.67. The zero-order valence-corrected chi connectivity index (χ0v) is 12.9. The fourth-order valence-corrected chi connectivity index (χ4v) is 2.14. The highest BCUT2D eigenvalue weighted by Gasteiger charge is 2.18. The van der Waals surface area contributed by atoms with Crippen molar-refractivity contribution >= 4 is 27.5 Å². The van der Waals surface area contributed by atoms with Gasteiger partial charge in [0.25, 0.3) is 0 Å². The quantitative estimate of drug-likeness (QED) is 0.700. The van der Waals surface area contributed by atoms with Gasteiger partial charge in [0.15, 0.2) is 5.82 Å². The molecule has 2 rings (SSSR count). The van der Waals surface area contributed by atoms with Gasteiger partial charge in [-0.25, -0.2) is 9.97 Å². The van der Waals surface area contributed by atoms with Gasteiger partial charge in [0.05, 0.1) is 5.69 Å². The molecular formula is C14H14BrClN2. The molecule has 0 aliphatic carbocycles. The fraction of sp³-hybridized carbons (Fsp3) is 0.286. The van der Waals surface area contributed by atoms with Gasteiger partial charge in [-0.05, 0) is 18.2 Å². The molecule has 0 spiro atoms. The second-order valence-electron chi connectivity index (χ2n) is 5.16. The van der Waals surface area contributed by atoms with Crippen molar-refractivity contribution in [1.29, 1.82) is 0 Å². The largest absolute Gasteiger partial charge is 0.232 e. The molecule has 0 atom stereocenters. The average molecular weight is 326 g/mol. The standard InChI is InChI=1S/C14H14BrClN2/c1-14(2,3)11-8-12(16)18-13(17-11)9-5-4-6-10(15)7-9/h4-8H,1-3H3. The van der Waals surface area contributed by atoms with Gasteiger partial charge in [-0.15, -0.1) is 0 Å². The van der Waals surface area contributed by atoms with Crippen LogP contribution in [0.1, 0.15) is 26.5 Å². The molecule has 1 heterocycles. The molecule has 0 bridgehead atoms. The van der Waals surface area contributed by atoms with Gasteiger partial charge in [0.2, 0.25) is 0 Å². The van der Waals surface area contributed by atoms with Crippen LogP contribution >= 0.6 is 27.5 Å². The van der Waals surface area contributed by atoms with Gasteiger partial charge in [-0.2, -0.15) is 0 Å². The van der Waals surface area contributed by atoms with Gasteiger partial charge in [0, 0.05) is 15.5 Å². The smallest absolute Gasteiger partial charge is 0.161 e. The number of benzene rings is 1. The summed E-state index contributed by atoms with van der Waals surface area (Å²) in [7, 11) is 0. The van der Waals surface area contributed by atoms with Crippen LogP contribution < -0.4 is 0 Å². The first kappa shape index (κ1) is 13.5. The lowest BCUT2D eigenvalue weighted by Gasteiger charge is -2.18. The second kappa shape index (κ2) is 4.98. The van der Waals surface area contributed by atoms with E-state index in [9.17, 15) is 0 Å². The van der Waals surface area contributed by atoms with Crippen molar-refractivity contribution in [2.24, 2.45) is 0 Å². The molecule has 0 N–H and O–H groups in total. The monoisotopic (exact) mass is 324 g/mol. The summed E-state index contributed by atoms with van der Waals surface area (Å²) in [6.07, 6.45) is 0. The Bertz CT molecular complexity index is 576. The molecule has 0 radical (unpaired) electrons. The van der Waals surface area contributed by atoms with Crippen LogP contribution in [0.15, 0.2) is 34.8 Å². The molecule has 0 fully saturated rings. The van der Waals surface area contributed by atoms with Crippen LogP contribution in [-0.4, -0.2) is 9.97 Å². The van der Waals surface area contributed by atoms with E-state index in [0.717, 1.165) is 15.7 Å². The number of hydrogen-bond donors (Lipinski definition) is 0. The summed E-state index contributed by atoms with van der Waals surface area (Å²) in [4.78, 5) is 8.89. The highest BCUT2D eigenvalue weighted by Crippen LogP contribution is 2.26. The fourth-order valence-electron chi connectivity index (χ4n) is 1.56.